The van der Waals surface area contributed by atoms with E-state index in [1.807, 2.05) is 0 Å². The molecule has 0 saturated carbocycles. The number of ketones is 1. The molecule has 1 aromatic carbocycles. The molecule has 1 N–H and O–H groups in total. The number of alkyl halides is 2. The number of benzene rings is 1. The molecule has 22 heavy (non-hydrogen) atoms. The normalized spacial score (nSPS) is 27.7. The van der Waals surface area contributed by atoms with E-state index in [-0.39, 0.29) is 29.3 Å². The molecule has 0 amide bonds. The summed E-state index contributed by atoms with van der Waals surface area (Å²) in [6.07, 6.45) is 1.14. The number of nitrogens with one attached hydrogen (secondary N) is 1. The molecule has 2 saturated heterocycles. The predicted molar refractivity (Wildman–Crippen MR) is 71.6 cm³/mol. The second-order valence-electron chi connectivity index (χ2n) is 5.65. The minimum atomic E-state index is -3.10. The molecule has 1 aromatic rings. The third-order valence-electron chi connectivity index (χ3n) is 4.04. The molecule has 2 heterocycles. The largest absolute Gasteiger partial charge is 0.434 e. The highest BCUT2D eigenvalue weighted by atomic mass is 19.3. The van der Waals surface area contributed by atoms with E-state index in [9.17, 15) is 18.0 Å². The molecular formula is C15H16F3NO3. The van der Waals surface area contributed by atoms with Crippen LogP contribution in [-0.2, 0) is 4.74 Å². The number of fused-ring (bicyclic) bond motifs is 2. The predicted octanol–water partition coefficient (Wildman–Crippen LogP) is 2.38. The van der Waals surface area contributed by atoms with Gasteiger partial charge in [0.25, 0.3) is 0 Å². The average Bonchev–Trinajstić information content (AvgIpc) is 2.45. The van der Waals surface area contributed by atoms with Crippen molar-refractivity contribution in [1.29, 1.82) is 0 Å². The maximum atomic E-state index is 13.2. The number of hydrogen-bond donors (Lipinski definition) is 1. The Balaban J connectivity index is 1.82. The molecule has 2 aliphatic heterocycles. The lowest BCUT2D eigenvalue weighted by atomic mass is 9.82. The smallest absolute Gasteiger partial charge is 0.387 e. The molecule has 0 radical (unpaired) electrons. The SMILES string of the molecule is O=C(c1ccc(F)cc1OC(F)F)C1CC2COCC(C1)N2. The van der Waals surface area contributed by atoms with Crippen LogP contribution in [0.4, 0.5) is 13.2 Å². The van der Waals surface area contributed by atoms with E-state index < -0.39 is 18.2 Å². The van der Waals surface area contributed by atoms with Crippen LogP contribution in [0.2, 0.25) is 0 Å². The minimum absolute atomic E-state index is 0.00703. The van der Waals surface area contributed by atoms with Gasteiger partial charge in [-0.2, -0.15) is 8.78 Å². The van der Waals surface area contributed by atoms with Gasteiger partial charge in [-0.3, -0.25) is 4.79 Å². The van der Waals surface area contributed by atoms with E-state index in [1.54, 1.807) is 0 Å². The minimum Gasteiger partial charge on any atom is -0.434 e. The number of morpholine rings is 1. The lowest BCUT2D eigenvalue weighted by molar-refractivity contribution is -0.0504. The summed E-state index contributed by atoms with van der Waals surface area (Å²) in [7, 11) is 0. The second-order valence-corrected chi connectivity index (χ2v) is 5.65. The molecule has 2 fully saturated rings. The summed E-state index contributed by atoms with van der Waals surface area (Å²) in [6, 6.07) is 3.28. The summed E-state index contributed by atoms with van der Waals surface area (Å²) in [5.74, 6) is -1.71. The molecule has 2 atom stereocenters. The number of piperidine rings is 1. The average molecular weight is 315 g/mol. The van der Waals surface area contributed by atoms with Crippen molar-refractivity contribution >= 4 is 5.78 Å². The van der Waals surface area contributed by atoms with Crippen LogP contribution in [0.3, 0.4) is 0 Å². The molecule has 7 heteroatoms. The van der Waals surface area contributed by atoms with Crippen molar-refractivity contribution in [3.8, 4) is 5.75 Å². The zero-order chi connectivity index (χ0) is 15.7. The number of ether oxygens (including phenoxy) is 2. The number of hydrogen-bond acceptors (Lipinski definition) is 4. The van der Waals surface area contributed by atoms with Gasteiger partial charge in [-0.25, -0.2) is 4.39 Å². The fourth-order valence-electron chi connectivity index (χ4n) is 3.16. The number of rotatable bonds is 4. The zero-order valence-electron chi connectivity index (χ0n) is 11.7. The molecule has 120 valence electrons. The Morgan fingerprint density at radius 3 is 2.59 bits per heavy atom. The van der Waals surface area contributed by atoms with Gasteiger partial charge >= 0.3 is 6.61 Å². The highest BCUT2D eigenvalue weighted by Gasteiger charge is 2.36. The first kappa shape index (κ1) is 15.3. The standard InChI is InChI=1S/C15H16F3NO3/c16-9-1-2-12(13(5-9)22-15(17)18)14(20)8-3-10-6-21-7-11(4-8)19-10/h1-2,5,8,10-11,15,19H,3-4,6-7H2. The van der Waals surface area contributed by atoms with E-state index in [2.05, 4.69) is 10.1 Å². The molecule has 0 aliphatic carbocycles. The van der Waals surface area contributed by atoms with Crippen molar-refractivity contribution in [3.05, 3.63) is 29.6 Å². The summed E-state index contributed by atoms with van der Waals surface area (Å²) in [5.41, 5.74) is 0.00703. The molecule has 4 nitrogen and oxygen atoms in total. The second kappa shape index (κ2) is 6.26. The van der Waals surface area contributed by atoms with Crippen molar-refractivity contribution < 1.29 is 27.4 Å². The van der Waals surface area contributed by atoms with Crippen LogP contribution >= 0.6 is 0 Å². The summed E-state index contributed by atoms with van der Waals surface area (Å²) in [5, 5.41) is 3.36. The summed E-state index contributed by atoms with van der Waals surface area (Å²) >= 11 is 0. The van der Waals surface area contributed by atoms with Crippen LogP contribution in [0, 0.1) is 11.7 Å². The summed E-state index contributed by atoms with van der Waals surface area (Å²) in [4.78, 5) is 12.6. The quantitative estimate of drug-likeness (QED) is 0.867. The molecular weight excluding hydrogens is 299 g/mol. The van der Waals surface area contributed by atoms with Crippen molar-refractivity contribution in [3.63, 3.8) is 0 Å². The van der Waals surface area contributed by atoms with E-state index in [4.69, 9.17) is 4.74 Å². The third kappa shape index (κ3) is 3.25. The third-order valence-corrected chi connectivity index (χ3v) is 4.04. The molecule has 0 aromatic heterocycles. The topological polar surface area (TPSA) is 47.6 Å². The Kier molecular flexibility index (Phi) is 4.35. The van der Waals surface area contributed by atoms with E-state index in [0.29, 0.717) is 26.1 Å². The van der Waals surface area contributed by atoms with E-state index >= 15 is 0 Å². The van der Waals surface area contributed by atoms with Gasteiger partial charge in [-0.05, 0) is 25.0 Å². The molecule has 3 rings (SSSR count). The first-order chi connectivity index (χ1) is 10.5. The van der Waals surface area contributed by atoms with Crippen LogP contribution in [-0.4, -0.2) is 37.7 Å². The lowest BCUT2D eigenvalue weighted by Crippen LogP contribution is -2.55. The Bertz CT molecular complexity index is 555. The van der Waals surface area contributed by atoms with Gasteiger partial charge in [0.15, 0.2) is 5.78 Å². The van der Waals surface area contributed by atoms with Gasteiger partial charge in [0.05, 0.1) is 18.8 Å². The summed E-state index contributed by atoms with van der Waals surface area (Å²) in [6.45, 7) is -2.04. The first-order valence-electron chi connectivity index (χ1n) is 7.15. The van der Waals surface area contributed by atoms with Gasteiger partial charge < -0.3 is 14.8 Å². The van der Waals surface area contributed by atoms with Gasteiger partial charge in [0.2, 0.25) is 0 Å². The Hall–Kier alpha value is -1.60. The van der Waals surface area contributed by atoms with Gasteiger partial charge in [0.1, 0.15) is 11.6 Å². The Morgan fingerprint density at radius 2 is 1.95 bits per heavy atom. The zero-order valence-corrected chi connectivity index (χ0v) is 11.7. The van der Waals surface area contributed by atoms with Gasteiger partial charge in [-0.15, -0.1) is 0 Å². The lowest BCUT2D eigenvalue weighted by Gasteiger charge is -2.39. The first-order valence-corrected chi connectivity index (χ1v) is 7.15. The molecule has 0 spiro atoms. The van der Waals surface area contributed by atoms with Crippen LogP contribution in [0.5, 0.6) is 5.75 Å². The van der Waals surface area contributed by atoms with Crippen LogP contribution in [0.15, 0.2) is 18.2 Å². The summed E-state index contributed by atoms with van der Waals surface area (Å²) < 4.78 is 47.8. The maximum absolute atomic E-state index is 13.2. The number of carbonyl (C=O) groups is 1. The van der Waals surface area contributed by atoms with Crippen molar-refractivity contribution in [2.45, 2.75) is 31.5 Å². The van der Waals surface area contributed by atoms with E-state index in [1.165, 1.54) is 6.07 Å². The molecule has 2 unspecified atom stereocenters. The van der Waals surface area contributed by atoms with Gasteiger partial charge in [0, 0.05) is 24.1 Å². The van der Waals surface area contributed by atoms with E-state index in [0.717, 1.165) is 12.1 Å². The fourth-order valence-corrected chi connectivity index (χ4v) is 3.16. The van der Waals surface area contributed by atoms with Crippen LogP contribution in [0.25, 0.3) is 0 Å². The van der Waals surface area contributed by atoms with Crippen LogP contribution in [0.1, 0.15) is 23.2 Å². The maximum Gasteiger partial charge on any atom is 0.387 e. The van der Waals surface area contributed by atoms with Crippen LogP contribution < -0.4 is 10.1 Å². The van der Waals surface area contributed by atoms with Crippen molar-refractivity contribution in [2.24, 2.45) is 5.92 Å². The highest BCUT2D eigenvalue weighted by molar-refractivity contribution is 6.00. The number of Topliss-reactive ketones (excluding diaryl/α,β-unsaturated/α-hetero) is 1. The van der Waals surface area contributed by atoms with Crippen molar-refractivity contribution in [1.82, 2.24) is 5.32 Å². The Labute approximate surface area is 125 Å². The molecule has 2 aliphatic rings. The van der Waals surface area contributed by atoms with Gasteiger partial charge in [-0.1, -0.05) is 0 Å². The fraction of sp³-hybridized carbons (Fsp3) is 0.533. The number of halogens is 3. The van der Waals surface area contributed by atoms with Crippen molar-refractivity contribution in [2.75, 3.05) is 13.2 Å². The highest BCUT2D eigenvalue weighted by Crippen LogP contribution is 2.31. The Morgan fingerprint density at radius 1 is 1.27 bits per heavy atom. The number of carbonyl (C=O) groups excluding carboxylic acids is 1. The molecule has 2 bridgehead atoms. The monoisotopic (exact) mass is 315 g/mol.